The zero-order chi connectivity index (χ0) is 39.2. The summed E-state index contributed by atoms with van der Waals surface area (Å²) in [6.07, 6.45) is 0. The number of benzene rings is 9. The first-order chi connectivity index (χ1) is 28.6. The molecule has 10 rings (SSSR count). The highest BCUT2D eigenvalue weighted by atomic mass is 15.1. The highest BCUT2D eigenvalue weighted by molar-refractivity contribution is 6.12. The number of fused-ring (bicyclic) bond motifs is 6. The lowest BCUT2D eigenvalue weighted by atomic mass is 10.1. The van der Waals surface area contributed by atoms with Gasteiger partial charge in [-0.3, -0.25) is 0 Å². The van der Waals surface area contributed by atoms with Crippen LogP contribution in [0.15, 0.2) is 188 Å². The molecule has 1 aromatic heterocycles. The Balaban J connectivity index is 1.10. The van der Waals surface area contributed by atoms with E-state index in [1.807, 2.05) is 0 Å². The standard InChI is InChI=1S/C54H46N4/c1-4-55(46-22-19-38-13-7-10-16-41(38)33-46)44-25-27-45(28-26-44)58-53-31-29-49(56(5-2)47-23-20-39-14-8-11-17-42(39)34-47)36-51(53)52-37-50(30-32-54(52)58)57(6-3)48-24-21-40-15-9-12-18-43(40)35-48/h7-37H,4-6H2,1-3H3. The van der Waals surface area contributed by atoms with Crippen LogP contribution >= 0.6 is 0 Å². The molecular weight excluding hydrogens is 705 g/mol. The van der Waals surface area contributed by atoms with Crippen molar-refractivity contribution < 1.29 is 0 Å². The number of nitrogens with zero attached hydrogens (tertiary/aromatic N) is 4. The van der Waals surface area contributed by atoms with Gasteiger partial charge in [-0.2, -0.15) is 0 Å². The third kappa shape index (κ3) is 6.18. The minimum absolute atomic E-state index is 0.853. The lowest BCUT2D eigenvalue weighted by Crippen LogP contribution is -2.16. The van der Waals surface area contributed by atoms with E-state index in [0.29, 0.717) is 0 Å². The zero-order valence-electron chi connectivity index (χ0n) is 33.3. The van der Waals surface area contributed by atoms with Crippen molar-refractivity contribution >= 4 is 88.2 Å². The van der Waals surface area contributed by atoms with Crippen LogP contribution < -0.4 is 14.7 Å². The maximum Gasteiger partial charge on any atom is 0.0542 e. The zero-order valence-corrected chi connectivity index (χ0v) is 33.3. The number of rotatable bonds is 10. The minimum atomic E-state index is 0.853. The van der Waals surface area contributed by atoms with Crippen LogP contribution in [0.3, 0.4) is 0 Å². The monoisotopic (exact) mass is 750 g/mol. The molecule has 0 bridgehead atoms. The van der Waals surface area contributed by atoms with Gasteiger partial charge in [0.1, 0.15) is 0 Å². The van der Waals surface area contributed by atoms with Crippen molar-refractivity contribution in [3.05, 3.63) is 188 Å². The van der Waals surface area contributed by atoms with E-state index >= 15 is 0 Å². The van der Waals surface area contributed by atoms with Crippen LogP contribution in [0.4, 0.5) is 34.1 Å². The van der Waals surface area contributed by atoms with Crippen LogP contribution in [0, 0.1) is 0 Å². The van der Waals surface area contributed by atoms with Gasteiger partial charge in [0.15, 0.2) is 0 Å². The second-order valence-electron chi connectivity index (χ2n) is 15.1. The molecule has 9 aromatic carbocycles. The van der Waals surface area contributed by atoms with Crippen LogP contribution in [0.25, 0.3) is 59.8 Å². The first-order valence-electron chi connectivity index (χ1n) is 20.6. The summed E-state index contributed by atoms with van der Waals surface area (Å²) in [5.74, 6) is 0. The predicted molar refractivity (Wildman–Crippen MR) is 251 cm³/mol. The van der Waals surface area contributed by atoms with Crippen LogP contribution in [-0.2, 0) is 0 Å². The van der Waals surface area contributed by atoms with Gasteiger partial charge in [0.05, 0.1) is 11.0 Å². The summed E-state index contributed by atoms with van der Waals surface area (Å²) >= 11 is 0. The van der Waals surface area contributed by atoms with Gasteiger partial charge in [0.2, 0.25) is 0 Å². The van der Waals surface area contributed by atoms with Crippen molar-refractivity contribution in [3.63, 3.8) is 0 Å². The average Bonchev–Trinajstić information content (AvgIpc) is 3.60. The molecule has 0 atom stereocenters. The molecule has 282 valence electrons. The normalized spacial score (nSPS) is 11.6. The van der Waals surface area contributed by atoms with Crippen LogP contribution in [0.1, 0.15) is 20.8 Å². The van der Waals surface area contributed by atoms with Gasteiger partial charge < -0.3 is 19.3 Å². The summed E-state index contributed by atoms with van der Waals surface area (Å²) in [6.45, 7) is 9.28. The molecule has 0 N–H and O–H groups in total. The molecule has 58 heavy (non-hydrogen) atoms. The van der Waals surface area contributed by atoms with E-state index in [1.54, 1.807) is 0 Å². The molecular formula is C54H46N4. The smallest absolute Gasteiger partial charge is 0.0542 e. The SMILES string of the molecule is CCN(c1ccc(-n2c3ccc(N(CC)c4ccc5ccccc5c4)cc3c3cc(N(CC)c4ccc5ccccc5c4)ccc32)cc1)c1ccc2ccccc2c1. The quantitative estimate of drug-likeness (QED) is 0.138. The summed E-state index contributed by atoms with van der Waals surface area (Å²) in [5.41, 5.74) is 10.6. The van der Waals surface area contributed by atoms with E-state index < -0.39 is 0 Å². The first-order valence-corrected chi connectivity index (χ1v) is 20.6. The largest absolute Gasteiger partial charge is 0.342 e. The van der Waals surface area contributed by atoms with Crippen molar-refractivity contribution in [1.29, 1.82) is 0 Å². The minimum Gasteiger partial charge on any atom is -0.342 e. The highest BCUT2D eigenvalue weighted by Crippen LogP contribution is 2.40. The molecule has 1 heterocycles. The fourth-order valence-electron chi connectivity index (χ4n) is 8.97. The lowest BCUT2D eigenvalue weighted by Gasteiger charge is -2.24. The first kappa shape index (κ1) is 35.4. The maximum atomic E-state index is 2.44. The highest BCUT2D eigenvalue weighted by Gasteiger charge is 2.19. The molecule has 0 amide bonds. The molecule has 0 spiro atoms. The van der Waals surface area contributed by atoms with Gasteiger partial charge >= 0.3 is 0 Å². The van der Waals surface area contributed by atoms with Crippen molar-refractivity contribution in [2.24, 2.45) is 0 Å². The van der Waals surface area contributed by atoms with E-state index in [4.69, 9.17) is 0 Å². The van der Waals surface area contributed by atoms with Crippen molar-refractivity contribution in [2.75, 3.05) is 34.3 Å². The van der Waals surface area contributed by atoms with Gasteiger partial charge in [0.25, 0.3) is 0 Å². The Morgan fingerprint density at radius 1 is 0.310 bits per heavy atom. The molecule has 0 unspecified atom stereocenters. The molecule has 0 fully saturated rings. The van der Waals surface area contributed by atoms with Crippen molar-refractivity contribution in [1.82, 2.24) is 4.57 Å². The van der Waals surface area contributed by atoms with E-state index in [9.17, 15) is 0 Å². The Morgan fingerprint density at radius 3 is 1.00 bits per heavy atom. The summed E-state index contributed by atoms with van der Waals surface area (Å²) in [6, 6.07) is 69.2. The van der Waals surface area contributed by atoms with Gasteiger partial charge in [-0.1, -0.05) is 91.0 Å². The van der Waals surface area contributed by atoms with Gasteiger partial charge in [-0.15, -0.1) is 0 Å². The average molecular weight is 751 g/mol. The number of aromatic nitrogens is 1. The van der Waals surface area contributed by atoms with Crippen LogP contribution in [-0.4, -0.2) is 24.2 Å². The Labute approximate surface area is 340 Å². The second-order valence-corrected chi connectivity index (χ2v) is 15.1. The molecule has 0 radical (unpaired) electrons. The number of hydrogen-bond donors (Lipinski definition) is 0. The van der Waals surface area contributed by atoms with Crippen LogP contribution in [0.2, 0.25) is 0 Å². The summed E-state index contributed by atoms with van der Waals surface area (Å²) in [7, 11) is 0. The summed E-state index contributed by atoms with van der Waals surface area (Å²) in [5, 5.41) is 9.99. The van der Waals surface area contributed by atoms with Gasteiger partial charge in [0, 0.05) is 70.2 Å². The third-order valence-corrected chi connectivity index (χ3v) is 11.9. The van der Waals surface area contributed by atoms with E-state index in [-0.39, 0.29) is 0 Å². The second kappa shape index (κ2) is 14.8. The lowest BCUT2D eigenvalue weighted by molar-refractivity contribution is 1.02. The molecule has 0 aliphatic rings. The molecule has 0 saturated carbocycles. The van der Waals surface area contributed by atoms with E-state index in [1.165, 1.54) is 88.2 Å². The van der Waals surface area contributed by atoms with Crippen LogP contribution in [0.5, 0.6) is 0 Å². The fraction of sp³-hybridized carbons (Fsp3) is 0.111. The van der Waals surface area contributed by atoms with Crippen molar-refractivity contribution in [2.45, 2.75) is 20.8 Å². The Bertz CT molecular complexity index is 2960. The van der Waals surface area contributed by atoms with E-state index in [2.05, 4.69) is 228 Å². The predicted octanol–water partition coefficient (Wildman–Crippen LogP) is 14.7. The van der Waals surface area contributed by atoms with Gasteiger partial charge in [-0.25, -0.2) is 0 Å². The summed E-state index contributed by atoms with van der Waals surface area (Å²) < 4.78 is 2.44. The molecule has 0 aliphatic carbocycles. The summed E-state index contributed by atoms with van der Waals surface area (Å²) in [4.78, 5) is 7.24. The molecule has 4 heteroatoms. The Kier molecular flexibility index (Phi) is 9.03. The Hall–Kier alpha value is -7.04. The number of hydrogen-bond acceptors (Lipinski definition) is 3. The Morgan fingerprint density at radius 2 is 0.621 bits per heavy atom. The number of anilines is 6. The molecule has 4 nitrogen and oxygen atoms in total. The fourth-order valence-corrected chi connectivity index (χ4v) is 8.97. The molecule has 10 aromatic rings. The third-order valence-electron chi connectivity index (χ3n) is 11.9. The van der Waals surface area contributed by atoms with Crippen molar-refractivity contribution in [3.8, 4) is 5.69 Å². The topological polar surface area (TPSA) is 14.7 Å². The maximum absolute atomic E-state index is 2.44. The van der Waals surface area contributed by atoms with E-state index in [0.717, 1.165) is 25.3 Å². The van der Waals surface area contributed by atoms with Gasteiger partial charge in [-0.05, 0) is 150 Å². The molecule has 0 aliphatic heterocycles. The molecule has 0 saturated heterocycles.